The molecule has 1 N–H and O–H groups in total. The van der Waals surface area contributed by atoms with Gasteiger partial charge in [-0.1, -0.05) is 25.1 Å². The first kappa shape index (κ1) is 15.6. The van der Waals surface area contributed by atoms with Gasteiger partial charge in [-0.05, 0) is 24.6 Å². The molecule has 21 heavy (non-hydrogen) atoms. The van der Waals surface area contributed by atoms with Gasteiger partial charge < -0.3 is 5.32 Å². The fraction of sp³-hybridized carbons (Fsp3) is 0.375. The number of thioether (sulfide) groups is 1. The molecule has 2 rings (SSSR count). The van der Waals surface area contributed by atoms with Gasteiger partial charge in [0.1, 0.15) is 0 Å². The van der Waals surface area contributed by atoms with Crippen LogP contribution in [0.3, 0.4) is 0 Å². The average molecular weight is 303 g/mol. The maximum atomic E-state index is 11.8. The van der Waals surface area contributed by atoms with Gasteiger partial charge in [0.15, 0.2) is 0 Å². The predicted octanol–water partition coefficient (Wildman–Crippen LogP) is 2.88. The number of carbonyl (C=O) groups excluding carboxylic acids is 1. The van der Waals surface area contributed by atoms with Crippen LogP contribution in [0, 0.1) is 6.92 Å². The zero-order chi connectivity index (χ0) is 15.1. The highest BCUT2D eigenvalue weighted by molar-refractivity contribution is 8.00. The summed E-state index contributed by atoms with van der Waals surface area (Å²) in [4.78, 5) is 13.0. The topological polar surface area (TPSA) is 46.9 Å². The van der Waals surface area contributed by atoms with Crippen molar-refractivity contribution in [1.29, 1.82) is 0 Å². The molecule has 2 aromatic rings. The third-order valence-corrected chi connectivity index (χ3v) is 4.11. The molecule has 0 radical (unpaired) electrons. The number of carbonyl (C=O) groups is 1. The van der Waals surface area contributed by atoms with Gasteiger partial charge in [-0.2, -0.15) is 5.10 Å². The quantitative estimate of drug-likeness (QED) is 0.800. The Morgan fingerprint density at radius 3 is 2.81 bits per heavy atom. The van der Waals surface area contributed by atoms with Gasteiger partial charge in [-0.25, -0.2) is 0 Å². The number of hydrogen-bond acceptors (Lipinski definition) is 3. The van der Waals surface area contributed by atoms with Crippen LogP contribution >= 0.6 is 11.8 Å². The van der Waals surface area contributed by atoms with Gasteiger partial charge in [-0.15, -0.1) is 11.8 Å². The molecule has 0 saturated carbocycles. The van der Waals surface area contributed by atoms with Crippen molar-refractivity contribution in [2.45, 2.75) is 37.0 Å². The van der Waals surface area contributed by atoms with Gasteiger partial charge in [0.05, 0.1) is 6.20 Å². The highest BCUT2D eigenvalue weighted by atomic mass is 32.2. The molecule has 112 valence electrons. The molecule has 1 aromatic carbocycles. The lowest BCUT2D eigenvalue weighted by Gasteiger charge is -2.12. The summed E-state index contributed by atoms with van der Waals surface area (Å²) in [6.07, 6.45) is 4.21. The van der Waals surface area contributed by atoms with Gasteiger partial charge in [0.2, 0.25) is 5.91 Å². The van der Waals surface area contributed by atoms with Crippen molar-refractivity contribution in [2.24, 2.45) is 0 Å². The van der Waals surface area contributed by atoms with E-state index in [2.05, 4.69) is 29.5 Å². The maximum absolute atomic E-state index is 11.8. The Labute approximate surface area is 129 Å². The number of nitrogens with one attached hydrogen (secondary N) is 1. The Kier molecular flexibility index (Phi) is 5.87. The minimum absolute atomic E-state index is 0.0728. The molecule has 1 aromatic heterocycles. The van der Waals surface area contributed by atoms with Crippen molar-refractivity contribution < 1.29 is 4.79 Å². The number of amides is 1. The molecule has 0 aliphatic rings. The summed E-state index contributed by atoms with van der Waals surface area (Å²) >= 11 is 1.77. The smallest absolute Gasteiger partial charge is 0.221 e. The second kappa shape index (κ2) is 7.88. The standard InChI is InChI=1S/C16H21N3OS/c1-13-10-18-19(12-13)9-8-16(20)17-11-14(2)21-15-6-4-3-5-7-15/h3-7,10,12,14H,8-9,11H2,1-2H3,(H,17,20)/t14-/m1/s1. The number of nitrogens with zero attached hydrogens (tertiary/aromatic N) is 2. The second-order valence-electron chi connectivity index (χ2n) is 5.08. The van der Waals surface area contributed by atoms with Crippen LogP contribution in [0.5, 0.6) is 0 Å². The van der Waals surface area contributed by atoms with Crippen LogP contribution in [-0.4, -0.2) is 27.5 Å². The van der Waals surface area contributed by atoms with E-state index in [9.17, 15) is 4.79 Å². The SMILES string of the molecule is Cc1cnn(CCC(=O)NC[C@@H](C)Sc2ccccc2)c1. The normalized spacial score (nSPS) is 12.1. The minimum atomic E-state index is 0.0728. The number of hydrogen-bond donors (Lipinski definition) is 1. The lowest BCUT2D eigenvalue weighted by Crippen LogP contribution is -2.30. The number of rotatable bonds is 7. The average Bonchev–Trinajstić information content (AvgIpc) is 2.90. The molecule has 1 heterocycles. The highest BCUT2D eigenvalue weighted by Crippen LogP contribution is 2.21. The zero-order valence-electron chi connectivity index (χ0n) is 12.5. The summed E-state index contributed by atoms with van der Waals surface area (Å²) in [5.74, 6) is 0.0728. The molecule has 0 aliphatic carbocycles. The zero-order valence-corrected chi connectivity index (χ0v) is 13.3. The molecule has 0 aliphatic heterocycles. The summed E-state index contributed by atoms with van der Waals surface area (Å²) in [7, 11) is 0. The molecule has 0 bridgehead atoms. The lowest BCUT2D eigenvalue weighted by atomic mass is 10.3. The molecule has 5 heteroatoms. The van der Waals surface area contributed by atoms with Crippen molar-refractivity contribution in [1.82, 2.24) is 15.1 Å². The van der Waals surface area contributed by atoms with Crippen molar-refractivity contribution in [2.75, 3.05) is 6.54 Å². The maximum Gasteiger partial charge on any atom is 0.221 e. The number of aryl methyl sites for hydroxylation is 2. The summed E-state index contributed by atoms with van der Waals surface area (Å²) < 4.78 is 1.80. The highest BCUT2D eigenvalue weighted by Gasteiger charge is 2.07. The van der Waals surface area contributed by atoms with E-state index in [4.69, 9.17) is 0 Å². The summed E-state index contributed by atoms with van der Waals surface area (Å²) in [6.45, 7) is 5.41. The van der Waals surface area contributed by atoms with Crippen LogP contribution < -0.4 is 5.32 Å². The Hall–Kier alpha value is -1.75. The Bertz CT molecular complexity index is 568. The van der Waals surface area contributed by atoms with Gasteiger partial charge in [0, 0.05) is 35.9 Å². The van der Waals surface area contributed by atoms with Crippen LogP contribution in [0.1, 0.15) is 18.9 Å². The van der Waals surface area contributed by atoms with E-state index in [0.717, 1.165) is 5.56 Å². The number of benzene rings is 1. The van der Waals surface area contributed by atoms with Crippen molar-refractivity contribution in [3.63, 3.8) is 0 Å². The molecule has 1 atom stereocenters. The third kappa shape index (κ3) is 5.63. The van der Waals surface area contributed by atoms with E-state index in [1.807, 2.05) is 31.3 Å². The molecule has 0 saturated heterocycles. The van der Waals surface area contributed by atoms with Crippen molar-refractivity contribution in [3.8, 4) is 0 Å². The second-order valence-corrected chi connectivity index (χ2v) is 6.59. The third-order valence-electron chi connectivity index (χ3n) is 3.00. The molecule has 4 nitrogen and oxygen atoms in total. The van der Waals surface area contributed by atoms with Crippen LogP contribution in [-0.2, 0) is 11.3 Å². The first-order chi connectivity index (χ1) is 10.1. The molecule has 0 spiro atoms. The van der Waals surface area contributed by atoms with Crippen molar-refractivity contribution >= 4 is 17.7 Å². The summed E-state index contributed by atoms with van der Waals surface area (Å²) in [5, 5.41) is 7.50. The summed E-state index contributed by atoms with van der Waals surface area (Å²) in [6, 6.07) is 10.2. The fourth-order valence-corrected chi connectivity index (χ4v) is 2.87. The Morgan fingerprint density at radius 1 is 1.38 bits per heavy atom. The van der Waals surface area contributed by atoms with Crippen molar-refractivity contribution in [3.05, 3.63) is 48.3 Å². The molecule has 0 unspecified atom stereocenters. The van der Waals surface area contributed by atoms with E-state index in [0.29, 0.717) is 24.8 Å². The Balaban J connectivity index is 1.66. The van der Waals surface area contributed by atoms with Crippen LogP contribution in [0.15, 0.2) is 47.6 Å². The van der Waals surface area contributed by atoms with E-state index in [-0.39, 0.29) is 5.91 Å². The van der Waals surface area contributed by atoms with Gasteiger partial charge >= 0.3 is 0 Å². The van der Waals surface area contributed by atoms with E-state index < -0.39 is 0 Å². The van der Waals surface area contributed by atoms with Gasteiger partial charge in [0.25, 0.3) is 0 Å². The van der Waals surface area contributed by atoms with Crippen LogP contribution in [0.25, 0.3) is 0 Å². The molecular formula is C16H21N3OS. The predicted molar refractivity (Wildman–Crippen MR) is 86.4 cm³/mol. The number of aromatic nitrogens is 2. The molecule has 0 fully saturated rings. The van der Waals surface area contributed by atoms with Gasteiger partial charge in [-0.3, -0.25) is 9.48 Å². The Morgan fingerprint density at radius 2 is 2.14 bits per heavy atom. The largest absolute Gasteiger partial charge is 0.355 e. The minimum Gasteiger partial charge on any atom is -0.355 e. The van der Waals surface area contributed by atoms with Crippen LogP contribution in [0.2, 0.25) is 0 Å². The molecular weight excluding hydrogens is 282 g/mol. The molecule has 1 amide bonds. The van der Waals surface area contributed by atoms with E-state index >= 15 is 0 Å². The fourth-order valence-electron chi connectivity index (χ4n) is 1.92. The summed E-state index contributed by atoms with van der Waals surface area (Å²) in [5.41, 5.74) is 1.11. The van der Waals surface area contributed by atoms with E-state index in [1.165, 1.54) is 4.90 Å². The monoisotopic (exact) mass is 303 g/mol. The first-order valence-electron chi connectivity index (χ1n) is 7.11. The van der Waals surface area contributed by atoms with Crippen LogP contribution in [0.4, 0.5) is 0 Å². The van der Waals surface area contributed by atoms with E-state index in [1.54, 1.807) is 22.6 Å². The lowest BCUT2D eigenvalue weighted by molar-refractivity contribution is -0.121. The first-order valence-corrected chi connectivity index (χ1v) is 7.99.